The average molecular weight is 186 g/mol. The van der Waals surface area contributed by atoms with Gasteiger partial charge in [0.1, 0.15) is 0 Å². The van der Waals surface area contributed by atoms with Crippen LogP contribution in [0.2, 0.25) is 0 Å². The maximum absolute atomic E-state index is 9.29. The Morgan fingerprint density at radius 2 is 2.42 bits per heavy atom. The first-order valence-electron chi connectivity index (χ1n) is 3.87. The molecule has 0 aromatic carbocycles. The third-order valence-corrected chi connectivity index (χ3v) is 3.09. The second-order valence-electron chi connectivity index (χ2n) is 2.77. The van der Waals surface area contributed by atoms with E-state index in [1.807, 2.05) is 13.0 Å². The molecule has 1 rings (SSSR count). The Kier molecular flexibility index (Phi) is 3.20. The maximum Gasteiger partial charge on any atom is 0.0820 e. The van der Waals surface area contributed by atoms with E-state index in [4.69, 9.17) is 5.84 Å². The number of hydrogen-bond acceptors (Lipinski definition) is 4. The molecule has 1 aliphatic heterocycles. The third kappa shape index (κ3) is 2.03. The van der Waals surface area contributed by atoms with Gasteiger partial charge in [-0.05, 0) is 13.8 Å². The van der Waals surface area contributed by atoms with Gasteiger partial charge in [-0.1, -0.05) is 17.8 Å². The molecule has 0 aromatic rings. The van der Waals surface area contributed by atoms with Crippen LogP contribution in [-0.2, 0) is 0 Å². The van der Waals surface area contributed by atoms with Gasteiger partial charge in [-0.25, -0.2) is 0 Å². The van der Waals surface area contributed by atoms with Gasteiger partial charge in [0, 0.05) is 21.9 Å². The zero-order valence-corrected chi connectivity index (χ0v) is 8.11. The first-order valence-corrected chi connectivity index (χ1v) is 4.69. The fraction of sp³-hybridized carbons (Fsp3) is 0.500. The number of aliphatic hydroxyl groups excluding tert-OH is 1. The van der Waals surface area contributed by atoms with Crippen molar-refractivity contribution in [2.45, 2.75) is 26.4 Å². The lowest BCUT2D eigenvalue weighted by molar-refractivity contribution is 0.240. The van der Waals surface area contributed by atoms with Crippen molar-refractivity contribution in [1.29, 1.82) is 0 Å². The van der Waals surface area contributed by atoms with E-state index in [1.54, 1.807) is 18.7 Å². The van der Waals surface area contributed by atoms with Crippen LogP contribution < -0.4 is 11.3 Å². The van der Waals surface area contributed by atoms with E-state index in [-0.39, 0.29) is 6.10 Å². The molecule has 0 aliphatic carbocycles. The van der Waals surface area contributed by atoms with Gasteiger partial charge in [-0.2, -0.15) is 0 Å². The highest BCUT2D eigenvalue weighted by Crippen LogP contribution is 2.34. The summed E-state index contributed by atoms with van der Waals surface area (Å²) < 4.78 is 0. The fourth-order valence-electron chi connectivity index (χ4n) is 1.04. The summed E-state index contributed by atoms with van der Waals surface area (Å²) in [6.07, 6.45) is 2.41. The first-order chi connectivity index (χ1) is 5.65. The SMILES string of the molecule is CC1=C(NN)CC=C(C(C)O)S1. The molecule has 1 aliphatic rings. The van der Waals surface area contributed by atoms with Gasteiger partial charge in [0.2, 0.25) is 0 Å². The number of allylic oxidation sites excluding steroid dienone is 2. The van der Waals surface area contributed by atoms with Gasteiger partial charge in [0.15, 0.2) is 0 Å². The molecule has 1 heterocycles. The van der Waals surface area contributed by atoms with Crippen LogP contribution in [0.1, 0.15) is 20.3 Å². The highest BCUT2D eigenvalue weighted by molar-refractivity contribution is 8.06. The summed E-state index contributed by atoms with van der Waals surface area (Å²) in [7, 11) is 0. The Bertz CT molecular complexity index is 233. The fourth-order valence-corrected chi connectivity index (χ4v) is 2.00. The number of rotatable bonds is 2. The molecular weight excluding hydrogens is 172 g/mol. The Hall–Kier alpha value is -0.450. The molecule has 3 nitrogen and oxygen atoms in total. The van der Waals surface area contributed by atoms with Gasteiger partial charge in [0.25, 0.3) is 0 Å². The zero-order valence-electron chi connectivity index (χ0n) is 7.29. The van der Waals surface area contributed by atoms with Crippen molar-refractivity contribution in [1.82, 2.24) is 5.43 Å². The largest absolute Gasteiger partial charge is 0.388 e. The monoisotopic (exact) mass is 186 g/mol. The van der Waals surface area contributed by atoms with E-state index in [9.17, 15) is 5.11 Å². The smallest absolute Gasteiger partial charge is 0.0820 e. The third-order valence-electron chi connectivity index (χ3n) is 1.79. The normalized spacial score (nSPS) is 20.5. The van der Waals surface area contributed by atoms with Gasteiger partial charge in [-0.3, -0.25) is 5.84 Å². The topological polar surface area (TPSA) is 58.3 Å². The highest BCUT2D eigenvalue weighted by atomic mass is 32.2. The van der Waals surface area contributed by atoms with E-state index in [2.05, 4.69) is 5.43 Å². The molecule has 68 valence electrons. The van der Waals surface area contributed by atoms with Crippen molar-refractivity contribution in [2.75, 3.05) is 0 Å². The molecule has 1 atom stereocenters. The van der Waals surface area contributed by atoms with E-state index in [1.165, 1.54) is 0 Å². The van der Waals surface area contributed by atoms with Gasteiger partial charge < -0.3 is 10.5 Å². The molecule has 0 aromatic heterocycles. The number of thioether (sulfide) groups is 1. The minimum atomic E-state index is -0.371. The van der Waals surface area contributed by atoms with Gasteiger partial charge >= 0.3 is 0 Å². The summed E-state index contributed by atoms with van der Waals surface area (Å²) in [6, 6.07) is 0. The molecule has 0 saturated carbocycles. The Morgan fingerprint density at radius 1 is 1.75 bits per heavy atom. The molecule has 4 N–H and O–H groups in total. The predicted octanol–water partition coefficient (Wildman–Crippen LogP) is 1.08. The summed E-state index contributed by atoms with van der Waals surface area (Å²) in [4.78, 5) is 2.14. The second-order valence-corrected chi connectivity index (χ2v) is 4.06. The van der Waals surface area contributed by atoms with Crippen molar-refractivity contribution in [2.24, 2.45) is 5.84 Å². The summed E-state index contributed by atoms with van der Waals surface area (Å²) in [5, 5.41) is 9.29. The lowest BCUT2D eigenvalue weighted by Crippen LogP contribution is -2.23. The number of hydrazine groups is 1. The van der Waals surface area contributed by atoms with Crippen molar-refractivity contribution in [3.05, 3.63) is 21.6 Å². The molecule has 0 saturated heterocycles. The Morgan fingerprint density at radius 3 is 2.83 bits per heavy atom. The predicted molar refractivity (Wildman–Crippen MR) is 52.0 cm³/mol. The molecule has 12 heavy (non-hydrogen) atoms. The lowest BCUT2D eigenvalue weighted by atomic mass is 10.2. The molecule has 1 unspecified atom stereocenters. The maximum atomic E-state index is 9.29. The van der Waals surface area contributed by atoms with Crippen LogP contribution >= 0.6 is 11.8 Å². The molecule has 0 fully saturated rings. The van der Waals surface area contributed by atoms with Crippen molar-refractivity contribution >= 4 is 11.8 Å². The highest BCUT2D eigenvalue weighted by Gasteiger charge is 2.13. The zero-order chi connectivity index (χ0) is 9.14. The number of nitrogens with one attached hydrogen (secondary N) is 1. The number of hydrogen-bond donors (Lipinski definition) is 3. The molecule has 0 bridgehead atoms. The van der Waals surface area contributed by atoms with Gasteiger partial charge in [-0.15, -0.1) is 0 Å². The molecule has 4 heteroatoms. The van der Waals surface area contributed by atoms with E-state index >= 15 is 0 Å². The number of aliphatic hydroxyl groups is 1. The van der Waals surface area contributed by atoms with Crippen LogP contribution in [0, 0.1) is 0 Å². The number of nitrogens with two attached hydrogens (primary N) is 1. The average Bonchev–Trinajstić information content (AvgIpc) is 2.04. The molecule has 0 spiro atoms. The van der Waals surface area contributed by atoms with E-state index in [0.29, 0.717) is 0 Å². The van der Waals surface area contributed by atoms with Crippen molar-refractivity contribution < 1.29 is 5.11 Å². The lowest BCUT2D eigenvalue weighted by Gasteiger charge is -2.18. The quantitative estimate of drug-likeness (QED) is 0.446. The molecular formula is C8H14N2OS. The summed E-state index contributed by atoms with van der Waals surface area (Å²) in [5.41, 5.74) is 3.68. The standard InChI is InChI=1S/C8H14N2OS/c1-5(11)8-4-3-7(10-9)6(2)12-8/h4-5,10-11H,3,9H2,1-2H3. The molecule has 0 radical (unpaired) electrons. The minimum Gasteiger partial charge on any atom is -0.388 e. The minimum absolute atomic E-state index is 0.371. The first kappa shape index (κ1) is 9.64. The van der Waals surface area contributed by atoms with Crippen LogP contribution in [0.15, 0.2) is 21.6 Å². The summed E-state index contributed by atoms with van der Waals surface area (Å²) in [5.74, 6) is 5.30. The van der Waals surface area contributed by atoms with Crippen LogP contribution in [0.25, 0.3) is 0 Å². The van der Waals surface area contributed by atoms with Crippen LogP contribution in [-0.4, -0.2) is 11.2 Å². The van der Waals surface area contributed by atoms with Crippen molar-refractivity contribution in [3.63, 3.8) is 0 Å². The summed E-state index contributed by atoms with van der Waals surface area (Å²) in [6.45, 7) is 3.77. The summed E-state index contributed by atoms with van der Waals surface area (Å²) >= 11 is 1.58. The van der Waals surface area contributed by atoms with Crippen LogP contribution in [0.4, 0.5) is 0 Å². The molecule has 0 amide bonds. The van der Waals surface area contributed by atoms with Crippen LogP contribution in [0.5, 0.6) is 0 Å². The van der Waals surface area contributed by atoms with E-state index < -0.39 is 0 Å². The van der Waals surface area contributed by atoms with Crippen molar-refractivity contribution in [3.8, 4) is 0 Å². The van der Waals surface area contributed by atoms with Gasteiger partial charge in [0.05, 0.1) is 6.10 Å². The second kappa shape index (κ2) is 3.98. The van der Waals surface area contributed by atoms with Crippen LogP contribution in [0.3, 0.4) is 0 Å². The Balaban J connectivity index is 2.67. The van der Waals surface area contributed by atoms with E-state index in [0.717, 1.165) is 21.9 Å². The Labute approximate surface area is 76.7 Å².